The smallest absolute Gasteiger partial charge is 0.458 e. The Balaban J connectivity index is 0.00000106. The molecule has 1 rings (SSSR count). The van der Waals surface area contributed by atoms with Crippen molar-refractivity contribution >= 4 is 0 Å². The number of hydrogen-bond acceptors (Lipinski definition) is 4. The highest BCUT2D eigenvalue weighted by Crippen LogP contribution is 2.55. The summed E-state index contributed by atoms with van der Waals surface area (Å²) in [6.07, 6.45) is -38.5. The van der Waals surface area contributed by atoms with E-state index in [-0.39, 0.29) is 13.2 Å². The second-order valence-corrected chi connectivity index (χ2v) is 5.09. The maximum atomic E-state index is 12.6. The molecular formula is C11H4F18O4. The zero-order valence-electron chi connectivity index (χ0n) is 14.4. The molecule has 0 N–H and O–H groups in total. The van der Waals surface area contributed by atoms with E-state index in [1.54, 1.807) is 0 Å². The number of ether oxygens (including phenoxy) is 4. The molecule has 0 atom stereocenters. The van der Waals surface area contributed by atoms with Crippen molar-refractivity contribution in [3.8, 4) is 0 Å². The number of hydrogen-bond donors (Lipinski definition) is 0. The van der Waals surface area contributed by atoms with E-state index < -0.39 is 54.7 Å². The van der Waals surface area contributed by atoms with Crippen LogP contribution in [0.25, 0.3) is 0 Å². The zero-order valence-corrected chi connectivity index (χ0v) is 14.4. The average Bonchev–Trinajstić information content (AvgIpc) is 3.05. The molecule has 1 aliphatic rings. The number of halogens is 18. The number of rotatable bonds is 6. The van der Waals surface area contributed by atoms with Crippen LogP contribution in [0.3, 0.4) is 0 Å². The molecular weight excluding hydrogens is 538 g/mol. The fourth-order valence-corrected chi connectivity index (χ4v) is 1.27. The van der Waals surface area contributed by atoms with E-state index in [0.717, 1.165) is 0 Å². The van der Waals surface area contributed by atoms with Gasteiger partial charge in [0.25, 0.3) is 0 Å². The molecule has 0 aliphatic carbocycles. The first-order chi connectivity index (χ1) is 14.2. The maximum absolute atomic E-state index is 12.6. The predicted molar refractivity (Wildman–Crippen MR) is 60.2 cm³/mol. The molecule has 1 aliphatic heterocycles. The van der Waals surface area contributed by atoms with Crippen LogP contribution in [0, 0.1) is 0 Å². The van der Waals surface area contributed by atoms with Gasteiger partial charge in [0.05, 0.1) is 0 Å². The highest BCUT2D eigenvalue weighted by Gasteiger charge is 2.85. The van der Waals surface area contributed by atoms with Gasteiger partial charge in [-0.25, -0.2) is 9.47 Å². The topological polar surface area (TPSA) is 36.9 Å². The Bertz CT molecular complexity index is 680. The molecule has 22 heteroatoms. The Labute approximate surface area is 167 Å². The highest BCUT2D eigenvalue weighted by molar-refractivity contribution is 4.97. The molecule has 0 amide bonds. The Morgan fingerprint density at radius 1 is 0.545 bits per heavy atom. The van der Waals surface area contributed by atoms with E-state index in [1.165, 1.54) is 9.47 Å². The Morgan fingerprint density at radius 3 is 1.18 bits per heavy atom. The van der Waals surface area contributed by atoms with Crippen molar-refractivity contribution in [3.05, 3.63) is 12.0 Å². The second-order valence-electron chi connectivity index (χ2n) is 5.09. The van der Waals surface area contributed by atoms with Gasteiger partial charge >= 0.3 is 54.7 Å². The van der Waals surface area contributed by atoms with Gasteiger partial charge in [-0.15, -0.1) is 13.2 Å². The first-order valence-electron chi connectivity index (χ1n) is 6.95. The van der Waals surface area contributed by atoms with Gasteiger partial charge in [0.15, 0.2) is 0 Å². The third-order valence-corrected chi connectivity index (χ3v) is 2.66. The fraction of sp³-hybridized carbons (Fsp3) is 0.818. The Morgan fingerprint density at radius 2 is 0.909 bits per heavy atom. The summed E-state index contributed by atoms with van der Waals surface area (Å²) in [5.74, 6) is -16.4. The van der Waals surface area contributed by atoms with Crippen LogP contribution < -0.4 is 0 Å². The summed E-state index contributed by atoms with van der Waals surface area (Å²) in [5, 5.41) is 0. The van der Waals surface area contributed by atoms with Crippen molar-refractivity contribution in [2.24, 2.45) is 0 Å². The van der Waals surface area contributed by atoms with E-state index in [1.807, 2.05) is 0 Å². The van der Waals surface area contributed by atoms with Crippen molar-refractivity contribution < 1.29 is 98.0 Å². The van der Waals surface area contributed by atoms with E-state index in [0.29, 0.717) is 0 Å². The van der Waals surface area contributed by atoms with Gasteiger partial charge in [-0.3, -0.25) is 0 Å². The molecule has 0 unspecified atom stereocenters. The van der Waals surface area contributed by atoms with E-state index in [2.05, 4.69) is 9.47 Å². The Kier molecular flexibility index (Phi) is 8.77. The average molecular weight is 542 g/mol. The molecule has 4 nitrogen and oxygen atoms in total. The van der Waals surface area contributed by atoms with Crippen molar-refractivity contribution in [3.63, 3.8) is 0 Å². The minimum Gasteiger partial charge on any atom is -0.458 e. The van der Waals surface area contributed by atoms with E-state index in [9.17, 15) is 79.0 Å². The van der Waals surface area contributed by atoms with Crippen molar-refractivity contribution in [1.82, 2.24) is 0 Å². The molecule has 0 saturated carbocycles. The van der Waals surface area contributed by atoms with Crippen molar-refractivity contribution in [2.75, 3.05) is 13.2 Å². The molecule has 33 heavy (non-hydrogen) atoms. The minimum atomic E-state index is -7.93. The lowest BCUT2D eigenvalue weighted by Crippen LogP contribution is -2.64. The standard InChI is InChI=1S/C7F16O2.C4H4F2O2/c8-1(9,3(12,13)14)2(10,11)4(15,16)24-5(17,18)6(19,20)25-7(21,22)23;5-3(6)4-7-1-2-8-4/h;1-2H2. The summed E-state index contributed by atoms with van der Waals surface area (Å²) in [4.78, 5) is 0. The molecule has 0 spiro atoms. The van der Waals surface area contributed by atoms with Crippen molar-refractivity contribution in [2.45, 2.75) is 42.7 Å². The first kappa shape index (κ1) is 31.0. The summed E-state index contributed by atoms with van der Waals surface area (Å²) in [6, 6.07) is 0. The third kappa shape index (κ3) is 7.24. The van der Waals surface area contributed by atoms with E-state index >= 15 is 0 Å². The maximum Gasteiger partial charge on any atom is 0.527 e. The van der Waals surface area contributed by atoms with Gasteiger partial charge in [-0.1, -0.05) is 0 Å². The summed E-state index contributed by atoms with van der Waals surface area (Å²) in [6.45, 7) is 0.458. The first-order valence-corrected chi connectivity index (χ1v) is 6.95. The van der Waals surface area contributed by atoms with E-state index in [4.69, 9.17) is 0 Å². The minimum absolute atomic E-state index is 0.229. The largest absolute Gasteiger partial charge is 0.527 e. The Hall–Kier alpha value is -2.00. The zero-order chi connectivity index (χ0) is 26.9. The molecule has 1 heterocycles. The van der Waals surface area contributed by atoms with Gasteiger partial charge in [0.1, 0.15) is 13.2 Å². The van der Waals surface area contributed by atoms with Gasteiger partial charge in [-0.05, 0) is 0 Å². The fourth-order valence-electron chi connectivity index (χ4n) is 1.27. The lowest BCUT2D eigenvalue weighted by Gasteiger charge is -2.35. The van der Waals surface area contributed by atoms with Gasteiger partial charge < -0.3 is 9.47 Å². The predicted octanol–water partition coefficient (Wildman–Crippen LogP) is 6.25. The molecule has 1 fully saturated rings. The molecule has 0 aromatic carbocycles. The van der Waals surface area contributed by atoms with Crippen LogP contribution in [0.5, 0.6) is 0 Å². The molecule has 0 radical (unpaired) electrons. The second kappa shape index (κ2) is 9.33. The number of alkyl halides is 16. The van der Waals surface area contributed by atoms with Crippen LogP contribution in [0.15, 0.2) is 12.0 Å². The molecule has 1 saturated heterocycles. The van der Waals surface area contributed by atoms with Crippen LogP contribution in [0.2, 0.25) is 0 Å². The van der Waals surface area contributed by atoms with Crippen LogP contribution in [0.4, 0.5) is 79.0 Å². The van der Waals surface area contributed by atoms with Crippen molar-refractivity contribution in [1.29, 1.82) is 0 Å². The molecule has 0 aromatic rings. The molecule has 0 bridgehead atoms. The summed E-state index contributed by atoms with van der Waals surface area (Å²) >= 11 is 0. The monoisotopic (exact) mass is 542 g/mol. The van der Waals surface area contributed by atoms with Gasteiger partial charge in [-0.2, -0.15) is 65.9 Å². The van der Waals surface area contributed by atoms with Crippen LogP contribution >= 0.6 is 0 Å². The summed E-state index contributed by atoms with van der Waals surface area (Å²) in [7, 11) is 0. The molecule has 198 valence electrons. The van der Waals surface area contributed by atoms with Gasteiger partial charge in [0, 0.05) is 0 Å². The van der Waals surface area contributed by atoms with Crippen LogP contribution in [0.1, 0.15) is 0 Å². The van der Waals surface area contributed by atoms with Gasteiger partial charge in [0.2, 0.25) is 0 Å². The van der Waals surface area contributed by atoms with Crippen LogP contribution in [-0.2, 0) is 18.9 Å². The summed E-state index contributed by atoms with van der Waals surface area (Å²) < 4.78 is 227. The SMILES string of the molecule is FC(F)(F)OC(F)(F)C(F)(F)OC(F)(F)C(F)(F)C(F)(F)C(F)(F)F.FC(F)=C1OCCO1. The highest BCUT2D eigenvalue weighted by atomic mass is 19.4. The normalized spacial score (nSPS) is 16.6. The summed E-state index contributed by atoms with van der Waals surface area (Å²) in [5.41, 5.74) is 0. The third-order valence-electron chi connectivity index (χ3n) is 2.66. The lowest BCUT2D eigenvalue weighted by molar-refractivity contribution is -0.551. The molecule has 0 aromatic heterocycles. The quantitative estimate of drug-likeness (QED) is 0.372. The van der Waals surface area contributed by atoms with Crippen LogP contribution in [-0.4, -0.2) is 55.9 Å². The lowest BCUT2D eigenvalue weighted by atomic mass is 10.1.